The number of benzene rings is 2. The van der Waals surface area contributed by atoms with Crippen LogP contribution in [0, 0.1) is 5.92 Å². The average Bonchev–Trinajstić information content (AvgIpc) is 3.30. The maximum atomic E-state index is 12.9. The van der Waals surface area contributed by atoms with Crippen LogP contribution in [0.5, 0.6) is 11.5 Å². The number of ether oxygens (including phenoxy) is 2. The third-order valence-corrected chi connectivity index (χ3v) is 6.54. The zero-order valence-electron chi connectivity index (χ0n) is 17.3. The summed E-state index contributed by atoms with van der Waals surface area (Å²) in [5, 5.41) is 2.72. The van der Waals surface area contributed by atoms with E-state index >= 15 is 0 Å². The van der Waals surface area contributed by atoms with E-state index in [0.29, 0.717) is 11.6 Å². The Kier molecular flexibility index (Phi) is 6.33. The third-order valence-electron chi connectivity index (χ3n) is 5.65. The van der Waals surface area contributed by atoms with Crippen molar-refractivity contribution in [1.29, 1.82) is 0 Å². The van der Waals surface area contributed by atoms with Crippen molar-refractivity contribution in [3.63, 3.8) is 0 Å². The predicted molar refractivity (Wildman–Crippen MR) is 119 cm³/mol. The molecule has 5 nitrogen and oxygen atoms in total. The molecule has 0 N–H and O–H groups in total. The molecule has 3 aromatic rings. The van der Waals surface area contributed by atoms with Crippen LogP contribution in [-0.4, -0.2) is 43.1 Å². The van der Waals surface area contributed by atoms with Crippen molar-refractivity contribution in [2.45, 2.75) is 19.3 Å². The number of aromatic nitrogens is 1. The molecule has 0 atom stereocenters. The molecule has 1 aliphatic heterocycles. The number of likely N-dealkylation sites (tertiary alicyclic amines) is 1. The molecule has 1 fully saturated rings. The van der Waals surface area contributed by atoms with Crippen LogP contribution in [0.25, 0.3) is 10.6 Å². The lowest BCUT2D eigenvalue weighted by atomic mass is 9.90. The lowest BCUT2D eigenvalue weighted by Gasteiger charge is -2.31. The second-order valence-corrected chi connectivity index (χ2v) is 8.41. The largest absolute Gasteiger partial charge is 0.497 e. The van der Waals surface area contributed by atoms with Crippen molar-refractivity contribution in [3.05, 3.63) is 65.2 Å². The Morgan fingerprint density at radius 2 is 1.60 bits per heavy atom. The quantitative estimate of drug-likeness (QED) is 0.566. The molecule has 0 aliphatic carbocycles. The minimum Gasteiger partial charge on any atom is -0.497 e. The minimum absolute atomic E-state index is 0.0360. The van der Waals surface area contributed by atoms with Gasteiger partial charge < -0.3 is 14.4 Å². The van der Waals surface area contributed by atoms with E-state index in [9.17, 15) is 4.79 Å². The highest BCUT2D eigenvalue weighted by Crippen LogP contribution is 2.28. The predicted octanol–water partition coefficient (Wildman–Crippen LogP) is 4.92. The molecule has 1 aliphatic rings. The number of methoxy groups -OCH3 is 2. The first-order valence-electron chi connectivity index (χ1n) is 10.2. The molecule has 1 amide bonds. The van der Waals surface area contributed by atoms with Gasteiger partial charge in [0, 0.05) is 24.0 Å². The lowest BCUT2D eigenvalue weighted by molar-refractivity contribution is 0.0685. The molecule has 0 bridgehead atoms. The Labute approximate surface area is 181 Å². The summed E-state index contributed by atoms with van der Waals surface area (Å²) < 4.78 is 10.4. The Morgan fingerprint density at radius 1 is 1.00 bits per heavy atom. The molecule has 156 valence electrons. The summed E-state index contributed by atoms with van der Waals surface area (Å²) in [7, 11) is 3.33. The van der Waals surface area contributed by atoms with Crippen molar-refractivity contribution in [2.24, 2.45) is 5.92 Å². The molecule has 6 heteroatoms. The summed E-state index contributed by atoms with van der Waals surface area (Å²) in [5.74, 6) is 2.34. The van der Waals surface area contributed by atoms with E-state index in [1.54, 1.807) is 14.2 Å². The first kappa shape index (κ1) is 20.4. The van der Waals surface area contributed by atoms with Crippen molar-refractivity contribution < 1.29 is 14.3 Å². The zero-order valence-corrected chi connectivity index (χ0v) is 18.2. The average molecular weight is 423 g/mol. The number of amides is 1. The van der Waals surface area contributed by atoms with Gasteiger partial charge in [0.25, 0.3) is 5.91 Å². The fraction of sp³-hybridized carbons (Fsp3) is 0.333. The molecule has 30 heavy (non-hydrogen) atoms. The normalized spacial score (nSPS) is 14.5. The Bertz CT molecular complexity index is 974. The van der Waals surface area contributed by atoms with Crippen LogP contribution in [0.15, 0.2) is 53.9 Å². The smallest absolute Gasteiger partial charge is 0.273 e. The van der Waals surface area contributed by atoms with Gasteiger partial charge in [-0.3, -0.25) is 4.79 Å². The fourth-order valence-corrected chi connectivity index (χ4v) is 4.64. The van der Waals surface area contributed by atoms with Gasteiger partial charge >= 0.3 is 0 Å². The van der Waals surface area contributed by atoms with E-state index in [1.807, 2.05) is 46.7 Å². The van der Waals surface area contributed by atoms with Crippen LogP contribution < -0.4 is 9.47 Å². The fourth-order valence-electron chi connectivity index (χ4n) is 3.84. The van der Waals surface area contributed by atoms with Crippen LogP contribution in [0.1, 0.15) is 28.9 Å². The Morgan fingerprint density at radius 3 is 2.20 bits per heavy atom. The SMILES string of the molecule is COc1ccc(CC2CCN(C(=O)c3csc(-c4ccc(OC)cc4)n3)CC2)cc1. The number of carbonyl (C=O) groups excluding carboxylic acids is 1. The van der Waals surface area contributed by atoms with Gasteiger partial charge in [0.2, 0.25) is 0 Å². The first-order chi connectivity index (χ1) is 14.7. The highest BCUT2D eigenvalue weighted by Gasteiger charge is 2.25. The van der Waals surface area contributed by atoms with Gasteiger partial charge in [-0.1, -0.05) is 12.1 Å². The van der Waals surface area contributed by atoms with E-state index in [0.717, 1.165) is 54.4 Å². The second-order valence-electron chi connectivity index (χ2n) is 7.55. The molecule has 0 unspecified atom stereocenters. The number of carbonyl (C=O) groups is 1. The highest BCUT2D eigenvalue weighted by atomic mass is 32.1. The van der Waals surface area contributed by atoms with Gasteiger partial charge in [-0.25, -0.2) is 4.98 Å². The summed E-state index contributed by atoms with van der Waals surface area (Å²) in [6.45, 7) is 1.57. The monoisotopic (exact) mass is 422 g/mol. The van der Waals surface area contributed by atoms with Crippen LogP contribution >= 0.6 is 11.3 Å². The molecular formula is C24H26N2O3S. The number of piperidine rings is 1. The van der Waals surface area contributed by atoms with Crippen molar-refractivity contribution in [3.8, 4) is 22.1 Å². The lowest BCUT2D eigenvalue weighted by Crippen LogP contribution is -2.39. The van der Waals surface area contributed by atoms with E-state index in [1.165, 1.54) is 16.9 Å². The molecule has 0 radical (unpaired) electrons. The molecular weight excluding hydrogens is 396 g/mol. The van der Waals surface area contributed by atoms with Crippen LogP contribution in [0.3, 0.4) is 0 Å². The summed E-state index contributed by atoms with van der Waals surface area (Å²) in [5.41, 5.74) is 2.86. The van der Waals surface area contributed by atoms with E-state index in [4.69, 9.17) is 9.47 Å². The van der Waals surface area contributed by atoms with Gasteiger partial charge in [-0.05, 0) is 67.1 Å². The van der Waals surface area contributed by atoms with E-state index in [-0.39, 0.29) is 5.91 Å². The number of hydrogen-bond donors (Lipinski definition) is 0. The Balaban J connectivity index is 1.33. The number of rotatable bonds is 6. The van der Waals surface area contributed by atoms with Gasteiger partial charge in [0.15, 0.2) is 0 Å². The summed E-state index contributed by atoms with van der Waals surface area (Å²) >= 11 is 1.50. The highest BCUT2D eigenvalue weighted by molar-refractivity contribution is 7.13. The topological polar surface area (TPSA) is 51.7 Å². The molecule has 2 aromatic carbocycles. The maximum Gasteiger partial charge on any atom is 0.273 e. The summed E-state index contributed by atoms with van der Waals surface area (Å²) in [6.07, 6.45) is 3.09. The summed E-state index contributed by atoms with van der Waals surface area (Å²) in [4.78, 5) is 19.4. The standard InChI is InChI=1S/C24H26N2O3S/c1-28-20-7-3-17(4-8-20)15-18-11-13-26(14-12-18)24(27)22-16-30-23(25-22)19-5-9-21(29-2)10-6-19/h3-10,16,18H,11-15H2,1-2H3. The second kappa shape index (κ2) is 9.30. The molecule has 4 rings (SSSR count). The third kappa shape index (κ3) is 4.65. The van der Waals surface area contributed by atoms with Crippen molar-refractivity contribution >= 4 is 17.2 Å². The van der Waals surface area contributed by atoms with Crippen LogP contribution in [-0.2, 0) is 6.42 Å². The summed E-state index contributed by atoms with van der Waals surface area (Å²) in [6, 6.07) is 16.0. The maximum absolute atomic E-state index is 12.9. The molecule has 1 saturated heterocycles. The van der Waals surface area contributed by atoms with Crippen LogP contribution in [0.2, 0.25) is 0 Å². The van der Waals surface area contributed by atoms with Gasteiger partial charge in [-0.15, -0.1) is 11.3 Å². The van der Waals surface area contributed by atoms with E-state index < -0.39 is 0 Å². The number of nitrogens with zero attached hydrogens (tertiary/aromatic N) is 2. The zero-order chi connectivity index (χ0) is 20.9. The van der Waals surface area contributed by atoms with Gasteiger partial charge in [0.1, 0.15) is 22.2 Å². The molecule has 1 aromatic heterocycles. The Hall–Kier alpha value is -2.86. The van der Waals surface area contributed by atoms with Crippen molar-refractivity contribution in [2.75, 3.05) is 27.3 Å². The van der Waals surface area contributed by atoms with Crippen molar-refractivity contribution in [1.82, 2.24) is 9.88 Å². The van der Waals surface area contributed by atoms with E-state index in [2.05, 4.69) is 17.1 Å². The van der Waals surface area contributed by atoms with Crippen LogP contribution in [0.4, 0.5) is 0 Å². The van der Waals surface area contributed by atoms with Gasteiger partial charge in [-0.2, -0.15) is 0 Å². The van der Waals surface area contributed by atoms with Gasteiger partial charge in [0.05, 0.1) is 14.2 Å². The first-order valence-corrected chi connectivity index (χ1v) is 11.1. The molecule has 0 saturated carbocycles. The number of hydrogen-bond acceptors (Lipinski definition) is 5. The number of thiazole rings is 1. The minimum atomic E-state index is 0.0360. The molecule has 2 heterocycles. The molecule has 0 spiro atoms.